The topological polar surface area (TPSA) is 227 Å². The summed E-state index contributed by atoms with van der Waals surface area (Å²) in [7, 11) is 9.93. The van der Waals surface area contributed by atoms with Crippen molar-refractivity contribution in [3.8, 4) is 11.1 Å². The standard InChI is InChI=1S/C50H72N8O11/c1-29(2)25-39(52-45(63)32(5)56(10)50(68)69-28-38-36-23-17-15-21-34(36)35-22-16-18-24-37(35)38)47(65)54(8)27-41(59)55(9)31(4)44(62)51-30(3)46(64)58(12)43(33-19-13-14-20-33)49(67)57(11)40(26-42(60)61)48(66)53(6)7/h15-18,21-24,29-33,38-40,43H,13-14,19-20,25-28H2,1-12H3,(H,51,62)(H,52,63)(H,60,61)/t30-,31-,32-,39-,40-,43?/m0/s1. The highest BCUT2D eigenvalue weighted by molar-refractivity contribution is 5.97. The molecular formula is C50H72N8O11. The van der Waals surface area contributed by atoms with Crippen molar-refractivity contribution >= 4 is 53.4 Å². The van der Waals surface area contributed by atoms with Crippen LogP contribution in [0.1, 0.15) is 90.2 Å². The van der Waals surface area contributed by atoms with Gasteiger partial charge in [-0.25, -0.2) is 4.79 Å². The summed E-state index contributed by atoms with van der Waals surface area (Å²) in [6.07, 6.45) is 1.76. The molecule has 0 saturated heterocycles. The number of amides is 8. The third kappa shape index (κ3) is 13.4. The number of rotatable bonds is 21. The van der Waals surface area contributed by atoms with Gasteiger partial charge in [0, 0.05) is 55.3 Å². The average Bonchev–Trinajstić information content (AvgIpc) is 3.96. The second kappa shape index (κ2) is 24.2. The molecule has 0 bridgehead atoms. The van der Waals surface area contributed by atoms with Crippen LogP contribution < -0.4 is 10.6 Å². The molecule has 8 amide bonds. The molecule has 2 aliphatic rings. The largest absolute Gasteiger partial charge is 0.481 e. The van der Waals surface area contributed by atoms with Crippen molar-refractivity contribution in [2.45, 2.75) is 115 Å². The van der Waals surface area contributed by atoms with Crippen molar-refractivity contribution in [3.05, 3.63) is 59.7 Å². The third-order valence-corrected chi connectivity index (χ3v) is 13.5. The first-order valence-electron chi connectivity index (χ1n) is 23.5. The van der Waals surface area contributed by atoms with Crippen LogP contribution in [0.3, 0.4) is 0 Å². The lowest BCUT2D eigenvalue weighted by atomic mass is 9.94. The highest BCUT2D eigenvalue weighted by atomic mass is 16.6. The van der Waals surface area contributed by atoms with Crippen LogP contribution in [0.25, 0.3) is 11.1 Å². The minimum Gasteiger partial charge on any atom is -0.481 e. The fourth-order valence-electron chi connectivity index (χ4n) is 9.08. The fraction of sp³-hybridized carbons (Fsp3) is 0.580. The maximum Gasteiger partial charge on any atom is 0.410 e. The van der Waals surface area contributed by atoms with Gasteiger partial charge in [-0.15, -0.1) is 0 Å². The first-order valence-corrected chi connectivity index (χ1v) is 23.5. The quantitative estimate of drug-likeness (QED) is 0.165. The minimum absolute atomic E-state index is 0.0535. The van der Waals surface area contributed by atoms with Gasteiger partial charge < -0.3 is 45.0 Å². The van der Waals surface area contributed by atoms with E-state index >= 15 is 0 Å². The molecule has 1 fully saturated rings. The number of hydrogen-bond donors (Lipinski definition) is 3. The van der Waals surface area contributed by atoms with Crippen molar-refractivity contribution < 1.29 is 53.0 Å². The lowest BCUT2D eigenvalue weighted by molar-refractivity contribution is -0.154. The van der Waals surface area contributed by atoms with Crippen molar-refractivity contribution in [1.29, 1.82) is 0 Å². The number of likely N-dealkylation sites (N-methyl/N-ethyl adjacent to an activating group) is 6. The average molecular weight is 961 g/mol. The van der Waals surface area contributed by atoms with Crippen LogP contribution in [0.5, 0.6) is 0 Å². The number of carbonyl (C=O) groups is 9. The molecular weight excluding hydrogens is 889 g/mol. The van der Waals surface area contributed by atoms with Crippen molar-refractivity contribution in [2.75, 3.05) is 62.5 Å². The van der Waals surface area contributed by atoms with E-state index in [1.54, 1.807) is 0 Å². The van der Waals surface area contributed by atoms with E-state index in [1.807, 2.05) is 62.4 Å². The van der Waals surface area contributed by atoms with Gasteiger partial charge in [0.05, 0.1) is 13.0 Å². The Labute approximate surface area is 405 Å². The molecule has 69 heavy (non-hydrogen) atoms. The Hall–Kier alpha value is -6.53. The van der Waals surface area contributed by atoms with Gasteiger partial charge in [-0.2, -0.15) is 0 Å². The number of aliphatic carboxylic acids is 1. The van der Waals surface area contributed by atoms with Gasteiger partial charge >= 0.3 is 12.1 Å². The van der Waals surface area contributed by atoms with E-state index in [2.05, 4.69) is 10.6 Å². The summed E-state index contributed by atoms with van der Waals surface area (Å²) >= 11 is 0. The second-order valence-corrected chi connectivity index (χ2v) is 19.1. The van der Waals surface area contributed by atoms with Gasteiger partial charge in [-0.05, 0) is 74.1 Å². The molecule has 378 valence electrons. The molecule has 0 heterocycles. The smallest absolute Gasteiger partial charge is 0.410 e. The summed E-state index contributed by atoms with van der Waals surface area (Å²) in [4.78, 5) is 128. The normalized spacial score (nSPS) is 15.8. The van der Waals surface area contributed by atoms with Gasteiger partial charge in [0.1, 0.15) is 42.9 Å². The number of hydrogen-bond acceptors (Lipinski definition) is 10. The number of fused-ring (bicyclic) bond motifs is 3. The summed E-state index contributed by atoms with van der Waals surface area (Å²) in [6, 6.07) is 9.17. The number of ether oxygens (including phenoxy) is 1. The summed E-state index contributed by atoms with van der Waals surface area (Å²) in [6.45, 7) is 7.78. The summed E-state index contributed by atoms with van der Waals surface area (Å²) in [5.41, 5.74) is 4.25. The molecule has 2 aliphatic carbocycles. The van der Waals surface area contributed by atoms with E-state index in [4.69, 9.17) is 4.74 Å². The molecule has 6 atom stereocenters. The van der Waals surface area contributed by atoms with Crippen LogP contribution in [0, 0.1) is 11.8 Å². The molecule has 2 aromatic rings. The van der Waals surface area contributed by atoms with Crippen LogP contribution >= 0.6 is 0 Å². The SMILES string of the molecule is CC(C)C[C@H](NC(=O)[C@H](C)N(C)C(=O)OCC1c2ccccc2-c2ccccc21)C(=O)N(C)CC(=O)N(C)[C@@H](C)C(=O)N[C@@H](C)C(=O)N(C)C(C(=O)N(C)[C@@H](CC(=O)O)C(=O)N(C)C)C1CCCC1. The van der Waals surface area contributed by atoms with Crippen molar-refractivity contribution in [1.82, 2.24) is 40.0 Å². The molecule has 3 N–H and O–H groups in total. The number of carbonyl (C=O) groups excluding carboxylic acids is 8. The van der Waals surface area contributed by atoms with Crippen LogP contribution in [0.2, 0.25) is 0 Å². The molecule has 4 rings (SSSR count). The first kappa shape index (κ1) is 55.1. The van der Waals surface area contributed by atoms with E-state index in [1.165, 1.54) is 84.8 Å². The predicted molar refractivity (Wildman–Crippen MR) is 257 cm³/mol. The second-order valence-electron chi connectivity index (χ2n) is 19.1. The van der Waals surface area contributed by atoms with Crippen LogP contribution in [0.4, 0.5) is 4.79 Å². The molecule has 1 unspecified atom stereocenters. The van der Waals surface area contributed by atoms with Crippen molar-refractivity contribution in [2.24, 2.45) is 11.8 Å². The van der Waals surface area contributed by atoms with Gasteiger partial charge in [0.15, 0.2) is 0 Å². The van der Waals surface area contributed by atoms with Crippen LogP contribution in [0.15, 0.2) is 48.5 Å². The molecule has 0 spiro atoms. The Morgan fingerprint density at radius 1 is 0.652 bits per heavy atom. The van der Waals surface area contributed by atoms with Crippen molar-refractivity contribution in [3.63, 3.8) is 0 Å². The number of carboxylic acid groups (broad SMARTS) is 1. The Kier molecular flexibility index (Phi) is 19.3. The summed E-state index contributed by atoms with van der Waals surface area (Å²) < 4.78 is 5.75. The molecule has 0 radical (unpaired) electrons. The first-order chi connectivity index (χ1) is 32.4. The lowest BCUT2D eigenvalue weighted by Gasteiger charge is -2.38. The Morgan fingerprint density at radius 3 is 1.70 bits per heavy atom. The predicted octanol–water partition coefficient (Wildman–Crippen LogP) is 3.00. The molecule has 2 aromatic carbocycles. The fourth-order valence-corrected chi connectivity index (χ4v) is 9.08. The molecule has 0 aliphatic heterocycles. The Bertz CT molecular complexity index is 2180. The molecule has 19 nitrogen and oxygen atoms in total. The van der Waals surface area contributed by atoms with Gasteiger partial charge in [-0.3, -0.25) is 43.3 Å². The Balaban J connectivity index is 1.34. The highest BCUT2D eigenvalue weighted by Crippen LogP contribution is 2.44. The maximum atomic E-state index is 14.1. The van der Waals surface area contributed by atoms with E-state index in [9.17, 15) is 48.3 Å². The number of benzene rings is 2. The zero-order valence-electron chi connectivity index (χ0n) is 42.2. The zero-order chi connectivity index (χ0) is 51.6. The lowest BCUT2D eigenvalue weighted by Crippen LogP contribution is -2.60. The van der Waals surface area contributed by atoms with E-state index < -0.39 is 103 Å². The third-order valence-electron chi connectivity index (χ3n) is 13.5. The van der Waals surface area contributed by atoms with Crippen LogP contribution in [-0.2, 0) is 43.1 Å². The number of nitrogens with one attached hydrogen (secondary N) is 2. The molecule has 19 heteroatoms. The number of nitrogens with zero attached hydrogens (tertiary/aromatic N) is 6. The Morgan fingerprint density at radius 2 is 1.17 bits per heavy atom. The van der Waals surface area contributed by atoms with Gasteiger partial charge in [0.2, 0.25) is 41.4 Å². The van der Waals surface area contributed by atoms with E-state index in [0.29, 0.717) is 12.8 Å². The summed E-state index contributed by atoms with van der Waals surface area (Å²) in [5.74, 6) is -6.03. The summed E-state index contributed by atoms with van der Waals surface area (Å²) in [5, 5.41) is 14.9. The van der Waals surface area contributed by atoms with E-state index in [0.717, 1.165) is 49.8 Å². The zero-order valence-corrected chi connectivity index (χ0v) is 42.2. The highest BCUT2D eigenvalue weighted by Gasteiger charge is 2.43. The van der Waals surface area contributed by atoms with Gasteiger partial charge in [0.25, 0.3) is 0 Å². The molecule has 0 aromatic heterocycles. The monoisotopic (exact) mass is 961 g/mol. The minimum atomic E-state index is -1.31. The molecule has 1 saturated carbocycles. The van der Waals surface area contributed by atoms with Crippen LogP contribution in [-0.4, -0.2) is 187 Å². The number of carboxylic acids is 1. The maximum absolute atomic E-state index is 14.1. The van der Waals surface area contributed by atoms with Gasteiger partial charge in [-0.1, -0.05) is 75.2 Å². The van der Waals surface area contributed by atoms with E-state index in [-0.39, 0.29) is 30.8 Å².